The van der Waals surface area contributed by atoms with E-state index in [2.05, 4.69) is 20.7 Å². The number of esters is 1. The molecule has 8 heteroatoms. The molecule has 8 nitrogen and oxygen atoms in total. The highest BCUT2D eigenvalue weighted by Crippen LogP contribution is 2.13. The zero-order valence-electron chi connectivity index (χ0n) is 16.4. The molecule has 0 unspecified atom stereocenters. The third kappa shape index (κ3) is 5.71. The fourth-order valence-corrected chi connectivity index (χ4v) is 2.78. The van der Waals surface area contributed by atoms with Crippen molar-refractivity contribution in [2.45, 2.75) is 32.9 Å². The Morgan fingerprint density at radius 1 is 1.10 bits per heavy atom. The lowest BCUT2D eigenvalue weighted by Gasteiger charge is -2.17. The first-order chi connectivity index (χ1) is 14.0. The largest absolute Gasteiger partial charge is 0.464 e. The van der Waals surface area contributed by atoms with E-state index in [1.54, 1.807) is 6.92 Å². The SMILES string of the molecule is CCOC(=O)[C@H](Cc1ccccc1)NC(=O)Cn1nnc(-c2ccc(C)cc2)n1. The Kier molecular flexibility index (Phi) is 6.67. The second kappa shape index (κ2) is 9.59. The first-order valence-corrected chi connectivity index (χ1v) is 9.40. The zero-order valence-corrected chi connectivity index (χ0v) is 16.4. The number of carbonyl (C=O) groups is 2. The van der Waals surface area contributed by atoms with Crippen LogP contribution in [0.1, 0.15) is 18.1 Å². The van der Waals surface area contributed by atoms with Gasteiger partial charge in [-0.05, 0) is 24.6 Å². The van der Waals surface area contributed by atoms with Crippen LogP contribution in [-0.4, -0.2) is 44.7 Å². The second-order valence-corrected chi connectivity index (χ2v) is 6.57. The average molecular weight is 393 g/mol. The van der Waals surface area contributed by atoms with Gasteiger partial charge in [0, 0.05) is 12.0 Å². The normalized spacial score (nSPS) is 11.7. The van der Waals surface area contributed by atoms with E-state index in [0.717, 1.165) is 16.7 Å². The van der Waals surface area contributed by atoms with Gasteiger partial charge in [-0.25, -0.2) is 4.79 Å². The number of nitrogens with zero attached hydrogens (tertiary/aromatic N) is 4. The Bertz CT molecular complexity index is 954. The van der Waals surface area contributed by atoms with Crippen LogP contribution in [0.5, 0.6) is 0 Å². The quantitative estimate of drug-likeness (QED) is 0.587. The Labute approximate surface area is 168 Å². The number of tetrazole rings is 1. The third-order valence-electron chi connectivity index (χ3n) is 4.24. The van der Waals surface area contributed by atoms with Crippen LogP contribution in [0.4, 0.5) is 0 Å². The summed E-state index contributed by atoms with van der Waals surface area (Å²) < 4.78 is 5.09. The molecule has 0 bridgehead atoms. The minimum absolute atomic E-state index is 0.149. The maximum absolute atomic E-state index is 12.5. The van der Waals surface area contributed by atoms with Gasteiger partial charge in [0.05, 0.1) is 6.61 Å². The molecule has 3 rings (SSSR count). The first-order valence-electron chi connectivity index (χ1n) is 9.40. The van der Waals surface area contributed by atoms with E-state index in [0.29, 0.717) is 12.2 Å². The van der Waals surface area contributed by atoms with Gasteiger partial charge in [0.1, 0.15) is 12.6 Å². The number of nitrogens with one attached hydrogen (secondary N) is 1. The smallest absolute Gasteiger partial charge is 0.328 e. The number of ether oxygens (including phenoxy) is 1. The number of rotatable bonds is 8. The standard InChI is InChI=1S/C21H23N5O3/c1-3-29-21(28)18(13-16-7-5-4-6-8-16)22-19(27)14-26-24-20(23-25-26)17-11-9-15(2)10-12-17/h4-12,18H,3,13-14H2,1-2H3,(H,22,27)/t18-/m0/s1. The maximum Gasteiger partial charge on any atom is 0.328 e. The molecule has 0 fully saturated rings. The van der Waals surface area contributed by atoms with Gasteiger partial charge >= 0.3 is 5.97 Å². The summed E-state index contributed by atoms with van der Waals surface area (Å²) in [7, 11) is 0. The van der Waals surface area contributed by atoms with Crippen LogP contribution in [0.3, 0.4) is 0 Å². The lowest BCUT2D eigenvalue weighted by Crippen LogP contribution is -2.44. The molecule has 1 heterocycles. The molecule has 0 radical (unpaired) electrons. The number of carbonyl (C=O) groups excluding carboxylic acids is 2. The molecule has 0 saturated heterocycles. The summed E-state index contributed by atoms with van der Waals surface area (Å²) in [5.74, 6) is -0.438. The molecule has 0 aliphatic rings. The van der Waals surface area contributed by atoms with Crippen molar-refractivity contribution >= 4 is 11.9 Å². The number of hydrogen-bond acceptors (Lipinski definition) is 6. The van der Waals surface area contributed by atoms with E-state index < -0.39 is 17.9 Å². The zero-order chi connectivity index (χ0) is 20.6. The van der Waals surface area contributed by atoms with Crippen LogP contribution < -0.4 is 5.32 Å². The monoisotopic (exact) mass is 393 g/mol. The van der Waals surface area contributed by atoms with Gasteiger partial charge in [-0.15, -0.1) is 10.2 Å². The Morgan fingerprint density at radius 2 is 1.83 bits per heavy atom. The Hall–Kier alpha value is -3.55. The predicted octanol–water partition coefficient (Wildman–Crippen LogP) is 1.94. The van der Waals surface area contributed by atoms with Crippen LogP contribution in [0.25, 0.3) is 11.4 Å². The van der Waals surface area contributed by atoms with Crippen molar-refractivity contribution in [1.82, 2.24) is 25.5 Å². The number of benzene rings is 2. The second-order valence-electron chi connectivity index (χ2n) is 6.57. The van der Waals surface area contributed by atoms with E-state index in [1.807, 2.05) is 61.5 Å². The number of aromatic nitrogens is 4. The van der Waals surface area contributed by atoms with Crippen molar-refractivity contribution in [3.8, 4) is 11.4 Å². The summed E-state index contributed by atoms with van der Waals surface area (Å²) in [5, 5.41) is 14.9. The minimum atomic E-state index is -0.787. The van der Waals surface area contributed by atoms with E-state index in [1.165, 1.54) is 4.80 Å². The maximum atomic E-state index is 12.5. The molecule has 0 aliphatic heterocycles. The molecule has 150 valence electrons. The Balaban J connectivity index is 1.65. The molecule has 1 aromatic heterocycles. The molecule has 0 spiro atoms. The van der Waals surface area contributed by atoms with E-state index in [4.69, 9.17) is 4.74 Å². The molecule has 0 saturated carbocycles. The first kappa shape index (κ1) is 20.2. The molecule has 2 aromatic carbocycles. The van der Waals surface area contributed by atoms with Gasteiger partial charge in [-0.1, -0.05) is 60.2 Å². The van der Waals surface area contributed by atoms with Crippen LogP contribution in [-0.2, 0) is 27.3 Å². The fourth-order valence-electron chi connectivity index (χ4n) is 2.78. The van der Waals surface area contributed by atoms with Crippen molar-refractivity contribution in [3.63, 3.8) is 0 Å². The summed E-state index contributed by atoms with van der Waals surface area (Å²) in [6, 6.07) is 16.4. The van der Waals surface area contributed by atoms with Crippen LogP contribution in [0.15, 0.2) is 54.6 Å². The lowest BCUT2D eigenvalue weighted by atomic mass is 10.1. The fraction of sp³-hybridized carbons (Fsp3) is 0.286. The summed E-state index contributed by atoms with van der Waals surface area (Å²) in [6.45, 7) is 3.81. The summed E-state index contributed by atoms with van der Waals surface area (Å²) in [6.07, 6.45) is 0.338. The van der Waals surface area contributed by atoms with Gasteiger partial charge in [0.15, 0.2) is 0 Å². The highest BCUT2D eigenvalue weighted by Gasteiger charge is 2.23. The third-order valence-corrected chi connectivity index (χ3v) is 4.24. The molecular formula is C21H23N5O3. The average Bonchev–Trinajstić information content (AvgIpc) is 3.17. The van der Waals surface area contributed by atoms with Crippen molar-refractivity contribution < 1.29 is 14.3 Å². The van der Waals surface area contributed by atoms with Gasteiger partial charge in [-0.2, -0.15) is 4.80 Å². The molecule has 3 aromatic rings. The number of hydrogen-bond donors (Lipinski definition) is 1. The topological polar surface area (TPSA) is 99.0 Å². The molecule has 1 N–H and O–H groups in total. The van der Waals surface area contributed by atoms with Crippen molar-refractivity contribution in [1.29, 1.82) is 0 Å². The number of amides is 1. The van der Waals surface area contributed by atoms with Gasteiger partial charge in [-0.3, -0.25) is 4.79 Å². The van der Waals surface area contributed by atoms with Gasteiger partial charge in [0.2, 0.25) is 11.7 Å². The van der Waals surface area contributed by atoms with Gasteiger partial charge < -0.3 is 10.1 Å². The molecule has 0 aliphatic carbocycles. The molecular weight excluding hydrogens is 370 g/mol. The van der Waals surface area contributed by atoms with E-state index in [9.17, 15) is 9.59 Å². The van der Waals surface area contributed by atoms with Crippen LogP contribution in [0, 0.1) is 6.92 Å². The molecule has 1 amide bonds. The summed E-state index contributed by atoms with van der Waals surface area (Å²) in [5.41, 5.74) is 2.87. The highest BCUT2D eigenvalue weighted by atomic mass is 16.5. The van der Waals surface area contributed by atoms with E-state index >= 15 is 0 Å². The summed E-state index contributed by atoms with van der Waals surface area (Å²) >= 11 is 0. The van der Waals surface area contributed by atoms with E-state index in [-0.39, 0.29) is 13.2 Å². The van der Waals surface area contributed by atoms with Crippen molar-refractivity contribution in [2.24, 2.45) is 0 Å². The van der Waals surface area contributed by atoms with Crippen molar-refractivity contribution in [2.75, 3.05) is 6.61 Å². The molecule has 1 atom stereocenters. The van der Waals surface area contributed by atoms with Crippen LogP contribution >= 0.6 is 0 Å². The molecule has 29 heavy (non-hydrogen) atoms. The van der Waals surface area contributed by atoms with Gasteiger partial charge in [0.25, 0.3) is 0 Å². The predicted molar refractivity (Wildman–Crippen MR) is 107 cm³/mol. The van der Waals surface area contributed by atoms with Crippen molar-refractivity contribution in [3.05, 3.63) is 65.7 Å². The van der Waals surface area contributed by atoms with Crippen LogP contribution in [0.2, 0.25) is 0 Å². The Morgan fingerprint density at radius 3 is 2.52 bits per heavy atom. The minimum Gasteiger partial charge on any atom is -0.464 e. The number of aryl methyl sites for hydroxylation is 1. The lowest BCUT2D eigenvalue weighted by molar-refractivity contribution is -0.147. The summed E-state index contributed by atoms with van der Waals surface area (Å²) in [4.78, 5) is 25.9. The highest BCUT2D eigenvalue weighted by molar-refractivity contribution is 5.84.